The summed E-state index contributed by atoms with van der Waals surface area (Å²) in [7, 11) is 1.86. The highest BCUT2D eigenvalue weighted by Gasteiger charge is 2.16. The third-order valence-corrected chi connectivity index (χ3v) is 3.42. The molecule has 1 atom stereocenters. The number of fused-ring (bicyclic) bond motifs is 1. The molecule has 0 saturated carbocycles. The maximum absolute atomic E-state index is 12.2. The molecule has 0 saturated heterocycles. The van der Waals surface area contributed by atoms with Gasteiger partial charge in [-0.1, -0.05) is 6.92 Å². The van der Waals surface area contributed by atoms with E-state index in [0.717, 1.165) is 28.8 Å². The summed E-state index contributed by atoms with van der Waals surface area (Å²) in [6.45, 7) is 7.82. The van der Waals surface area contributed by atoms with Crippen LogP contribution in [-0.4, -0.2) is 26.7 Å². The van der Waals surface area contributed by atoms with E-state index in [1.807, 2.05) is 40.8 Å². The van der Waals surface area contributed by atoms with Crippen LogP contribution in [0.5, 0.6) is 0 Å². The van der Waals surface area contributed by atoms with Gasteiger partial charge in [0.25, 0.3) is 5.91 Å². The number of pyridine rings is 1. The van der Waals surface area contributed by atoms with Crippen LogP contribution in [0.1, 0.15) is 42.0 Å². The van der Waals surface area contributed by atoms with Gasteiger partial charge in [-0.25, -0.2) is 4.98 Å². The number of amides is 1. The lowest BCUT2D eigenvalue weighted by Gasteiger charge is -2.12. The third-order valence-electron chi connectivity index (χ3n) is 3.42. The van der Waals surface area contributed by atoms with Gasteiger partial charge in [0, 0.05) is 18.5 Å². The van der Waals surface area contributed by atoms with E-state index in [1.54, 1.807) is 4.68 Å². The number of aryl methyl sites for hydroxylation is 3. The van der Waals surface area contributed by atoms with Crippen LogP contribution in [-0.2, 0) is 7.05 Å². The lowest BCUT2D eigenvalue weighted by Crippen LogP contribution is -2.32. The first-order chi connectivity index (χ1) is 8.93. The van der Waals surface area contributed by atoms with Gasteiger partial charge < -0.3 is 5.32 Å². The quantitative estimate of drug-likeness (QED) is 0.919. The van der Waals surface area contributed by atoms with Crippen LogP contribution in [0.2, 0.25) is 0 Å². The van der Waals surface area contributed by atoms with E-state index in [1.165, 1.54) is 0 Å². The predicted molar refractivity (Wildman–Crippen MR) is 75.2 cm³/mol. The Morgan fingerprint density at radius 1 is 1.42 bits per heavy atom. The van der Waals surface area contributed by atoms with Crippen LogP contribution >= 0.6 is 0 Å². The molecule has 1 amide bonds. The smallest absolute Gasteiger partial charge is 0.253 e. The normalized spacial score (nSPS) is 12.7. The Morgan fingerprint density at radius 2 is 2.11 bits per heavy atom. The molecule has 2 aromatic heterocycles. The van der Waals surface area contributed by atoms with Gasteiger partial charge in [-0.05, 0) is 33.3 Å². The van der Waals surface area contributed by atoms with E-state index < -0.39 is 0 Å². The molecule has 0 aliphatic heterocycles. The standard InChI is InChI=1S/C14H20N4O/c1-6-8(2)15-14(19)12-7-11-10(4)17-18(5)13(11)16-9(12)3/h7-8H,6H2,1-5H3,(H,15,19). The lowest BCUT2D eigenvalue weighted by atomic mass is 10.1. The molecule has 0 aliphatic carbocycles. The van der Waals surface area contributed by atoms with Gasteiger partial charge in [0.2, 0.25) is 0 Å². The summed E-state index contributed by atoms with van der Waals surface area (Å²) >= 11 is 0. The van der Waals surface area contributed by atoms with Crippen LogP contribution < -0.4 is 5.32 Å². The number of carbonyl (C=O) groups excluding carboxylic acids is 1. The van der Waals surface area contributed by atoms with Crippen molar-refractivity contribution in [1.82, 2.24) is 20.1 Å². The third kappa shape index (κ3) is 2.45. The molecule has 5 nitrogen and oxygen atoms in total. The number of hydrogen-bond donors (Lipinski definition) is 1. The summed E-state index contributed by atoms with van der Waals surface area (Å²) in [6.07, 6.45) is 0.909. The molecule has 0 fully saturated rings. The molecule has 5 heteroatoms. The number of hydrogen-bond acceptors (Lipinski definition) is 3. The summed E-state index contributed by atoms with van der Waals surface area (Å²) in [5, 5.41) is 8.24. The van der Waals surface area contributed by atoms with E-state index in [2.05, 4.69) is 15.4 Å². The fourth-order valence-corrected chi connectivity index (χ4v) is 2.07. The highest BCUT2D eigenvalue weighted by Crippen LogP contribution is 2.19. The van der Waals surface area contributed by atoms with Crippen LogP contribution in [0, 0.1) is 13.8 Å². The van der Waals surface area contributed by atoms with Crippen LogP contribution in [0.25, 0.3) is 11.0 Å². The maximum atomic E-state index is 12.2. The van der Waals surface area contributed by atoms with E-state index in [-0.39, 0.29) is 11.9 Å². The molecular weight excluding hydrogens is 240 g/mol. The summed E-state index contributed by atoms with van der Waals surface area (Å²) in [6, 6.07) is 2.05. The van der Waals surface area contributed by atoms with Crippen molar-refractivity contribution in [1.29, 1.82) is 0 Å². The van der Waals surface area contributed by atoms with Crippen molar-refractivity contribution in [3.63, 3.8) is 0 Å². The predicted octanol–water partition coefficient (Wildman–Crippen LogP) is 2.11. The van der Waals surface area contributed by atoms with E-state index in [4.69, 9.17) is 0 Å². The molecule has 0 aromatic carbocycles. The first-order valence-electron chi connectivity index (χ1n) is 6.55. The highest BCUT2D eigenvalue weighted by atomic mass is 16.1. The Morgan fingerprint density at radius 3 is 2.74 bits per heavy atom. The summed E-state index contributed by atoms with van der Waals surface area (Å²) < 4.78 is 1.74. The minimum Gasteiger partial charge on any atom is -0.350 e. The second-order valence-corrected chi connectivity index (χ2v) is 4.98. The van der Waals surface area contributed by atoms with Crippen molar-refractivity contribution >= 4 is 16.9 Å². The fraction of sp³-hybridized carbons (Fsp3) is 0.500. The Bertz CT molecular complexity index is 630. The molecule has 2 aromatic rings. The van der Waals surface area contributed by atoms with Gasteiger partial charge in [0.05, 0.1) is 17.0 Å². The minimum atomic E-state index is -0.0653. The van der Waals surface area contributed by atoms with Crippen molar-refractivity contribution < 1.29 is 4.79 Å². The van der Waals surface area contributed by atoms with E-state index in [0.29, 0.717) is 5.56 Å². The van der Waals surface area contributed by atoms with E-state index >= 15 is 0 Å². The molecule has 2 rings (SSSR count). The zero-order valence-corrected chi connectivity index (χ0v) is 12.1. The second kappa shape index (κ2) is 4.99. The average molecular weight is 260 g/mol. The Labute approximate surface area is 113 Å². The molecule has 1 N–H and O–H groups in total. The zero-order chi connectivity index (χ0) is 14.2. The first-order valence-corrected chi connectivity index (χ1v) is 6.55. The topological polar surface area (TPSA) is 59.8 Å². The molecular formula is C14H20N4O. The van der Waals surface area contributed by atoms with Gasteiger partial charge in [0.1, 0.15) is 0 Å². The largest absolute Gasteiger partial charge is 0.350 e. The highest BCUT2D eigenvalue weighted by molar-refractivity contribution is 5.98. The van der Waals surface area contributed by atoms with Crippen LogP contribution in [0.4, 0.5) is 0 Å². The van der Waals surface area contributed by atoms with Crippen molar-refractivity contribution in [2.24, 2.45) is 7.05 Å². The minimum absolute atomic E-state index is 0.0653. The van der Waals surface area contributed by atoms with Crippen molar-refractivity contribution in [2.45, 2.75) is 40.2 Å². The molecule has 0 bridgehead atoms. The van der Waals surface area contributed by atoms with Crippen LogP contribution in [0.3, 0.4) is 0 Å². The van der Waals surface area contributed by atoms with Crippen molar-refractivity contribution in [3.05, 3.63) is 23.0 Å². The maximum Gasteiger partial charge on any atom is 0.253 e. The number of nitrogens with zero attached hydrogens (tertiary/aromatic N) is 3. The molecule has 0 radical (unpaired) electrons. The Kier molecular flexibility index (Phi) is 3.55. The Hall–Kier alpha value is -1.91. The van der Waals surface area contributed by atoms with Crippen molar-refractivity contribution in [3.8, 4) is 0 Å². The van der Waals surface area contributed by atoms with Gasteiger partial charge in [-0.15, -0.1) is 0 Å². The molecule has 19 heavy (non-hydrogen) atoms. The molecule has 0 spiro atoms. The first kappa shape index (κ1) is 13.5. The fourth-order valence-electron chi connectivity index (χ4n) is 2.07. The van der Waals surface area contributed by atoms with E-state index in [9.17, 15) is 4.79 Å². The van der Waals surface area contributed by atoms with Crippen LogP contribution in [0.15, 0.2) is 6.07 Å². The number of rotatable bonds is 3. The lowest BCUT2D eigenvalue weighted by molar-refractivity contribution is 0.0938. The second-order valence-electron chi connectivity index (χ2n) is 4.98. The number of aromatic nitrogens is 3. The van der Waals surface area contributed by atoms with Gasteiger partial charge >= 0.3 is 0 Å². The summed E-state index contributed by atoms with van der Waals surface area (Å²) in [5.41, 5.74) is 3.07. The van der Waals surface area contributed by atoms with Gasteiger partial charge in [-0.3, -0.25) is 9.48 Å². The SMILES string of the molecule is CCC(C)NC(=O)c1cc2c(C)nn(C)c2nc1C. The Balaban J connectivity index is 2.46. The number of carbonyl (C=O) groups is 1. The molecule has 1 unspecified atom stereocenters. The molecule has 2 heterocycles. The molecule has 0 aliphatic rings. The van der Waals surface area contributed by atoms with Gasteiger partial charge in [0.15, 0.2) is 5.65 Å². The summed E-state index contributed by atoms with van der Waals surface area (Å²) in [4.78, 5) is 16.7. The monoisotopic (exact) mass is 260 g/mol. The van der Waals surface area contributed by atoms with Crippen molar-refractivity contribution in [2.75, 3.05) is 0 Å². The average Bonchev–Trinajstić information content (AvgIpc) is 2.63. The zero-order valence-electron chi connectivity index (χ0n) is 12.1. The summed E-state index contributed by atoms with van der Waals surface area (Å²) in [5.74, 6) is -0.0653. The number of nitrogens with one attached hydrogen (secondary N) is 1. The van der Waals surface area contributed by atoms with Gasteiger partial charge in [-0.2, -0.15) is 5.10 Å². The molecule has 102 valence electrons.